The quantitative estimate of drug-likeness (QED) is 0.726. The van der Waals surface area contributed by atoms with Gasteiger partial charge in [-0.15, -0.1) is 0 Å². The van der Waals surface area contributed by atoms with Gasteiger partial charge >= 0.3 is 0 Å². The zero-order valence-electron chi connectivity index (χ0n) is 10.2. The van der Waals surface area contributed by atoms with E-state index in [1.54, 1.807) is 36.5 Å². The predicted octanol–water partition coefficient (Wildman–Crippen LogP) is 4.23. The number of carbonyl (C=O) groups excluding carboxylic acids is 1. The normalized spacial score (nSPS) is 10.7. The van der Waals surface area contributed by atoms with Gasteiger partial charge in [0.1, 0.15) is 0 Å². The summed E-state index contributed by atoms with van der Waals surface area (Å²) in [6.07, 6.45) is 1.72. The van der Waals surface area contributed by atoms with Crippen LogP contribution in [0.25, 0.3) is 10.9 Å². The number of benzene rings is 2. The number of hydrogen-bond donors (Lipinski definition) is 2. The van der Waals surface area contributed by atoms with Crippen molar-refractivity contribution >= 4 is 50.0 Å². The summed E-state index contributed by atoms with van der Waals surface area (Å²) in [4.78, 5) is 12.2. The third kappa shape index (κ3) is 2.55. The largest absolute Gasteiger partial charge is 0.322 e. The maximum atomic E-state index is 12.2. The number of halogens is 2. The molecule has 6 heteroatoms. The zero-order chi connectivity index (χ0) is 14.1. The van der Waals surface area contributed by atoms with Crippen molar-refractivity contribution in [2.45, 2.75) is 0 Å². The molecule has 4 nitrogen and oxygen atoms in total. The Balaban J connectivity index is 1.86. The third-order valence-corrected chi connectivity index (χ3v) is 4.10. The number of carbonyl (C=O) groups is 1. The molecule has 0 aliphatic heterocycles. The van der Waals surface area contributed by atoms with Gasteiger partial charge in [-0.05, 0) is 46.3 Å². The maximum absolute atomic E-state index is 12.2. The summed E-state index contributed by atoms with van der Waals surface area (Å²) in [6.45, 7) is 0. The van der Waals surface area contributed by atoms with E-state index in [0.29, 0.717) is 16.3 Å². The van der Waals surface area contributed by atoms with Gasteiger partial charge in [0.25, 0.3) is 5.91 Å². The van der Waals surface area contributed by atoms with Crippen LogP contribution < -0.4 is 5.32 Å². The minimum absolute atomic E-state index is 0.185. The summed E-state index contributed by atoms with van der Waals surface area (Å²) in [5.41, 5.74) is 2.07. The Bertz CT molecular complexity index is 800. The lowest BCUT2D eigenvalue weighted by molar-refractivity contribution is 0.102. The van der Waals surface area contributed by atoms with E-state index >= 15 is 0 Å². The van der Waals surface area contributed by atoms with E-state index in [2.05, 4.69) is 31.4 Å². The van der Waals surface area contributed by atoms with Crippen molar-refractivity contribution in [2.24, 2.45) is 0 Å². The maximum Gasteiger partial charge on any atom is 0.255 e. The molecule has 0 aliphatic rings. The molecule has 1 aromatic heterocycles. The lowest BCUT2D eigenvalue weighted by atomic mass is 10.1. The van der Waals surface area contributed by atoms with Crippen LogP contribution in [0.4, 0.5) is 5.69 Å². The number of nitrogens with zero attached hydrogens (tertiary/aromatic N) is 1. The second-order valence-electron chi connectivity index (χ2n) is 4.26. The molecule has 1 amide bonds. The van der Waals surface area contributed by atoms with Gasteiger partial charge in [0.2, 0.25) is 0 Å². The highest BCUT2D eigenvalue weighted by Gasteiger charge is 2.08. The lowest BCUT2D eigenvalue weighted by Gasteiger charge is -2.06. The van der Waals surface area contributed by atoms with Crippen molar-refractivity contribution in [1.29, 1.82) is 0 Å². The minimum Gasteiger partial charge on any atom is -0.322 e. The van der Waals surface area contributed by atoms with Crippen molar-refractivity contribution in [2.75, 3.05) is 5.32 Å². The van der Waals surface area contributed by atoms with Crippen LogP contribution in [0.15, 0.2) is 47.1 Å². The Morgan fingerprint density at radius 3 is 2.90 bits per heavy atom. The molecule has 1 heterocycles. The number of H-pyrrole nitrogens is 1. The molecule has 0 saturated heterocycles. The first-order valence-corrected chi connectivity index (χ1v) is 7.00. The van der Waals surface area contributed by atoms with Crippen LogP contribution in [0, 0.1) is 0 Å². The van der Waals surface area contributed by atoms with Gasteiger partial charge in [-0.3, -0.25) is 9.89 Å². The lowest BCUT2D eigenvalue weighted by Crippen LogP contribution is -2.11. The Hall–Kier alpha value is -1.85. The second-order valence-corrected chi connectivity index (χ2v) is 5.52. The summed E-state index contributed by atoms with van der Waals surface area (Å²) >= 11 is 9.24. The fraction of sp³-hybridized carbons (Fsp3) is 0. The highest BCUT2D eigenvalue weighted by atomic mass is 79.9. The van der Waals surface area contributed by atoms with Crippen molar-refractivity contribution in [3.05, 3.63) is 57.7 Å². The van der Waals surface area contributed by atoms with Crippen molar-refractivity contribution in [3.63, 3.8) is 0 Å². The molecule has 0 atom stereocenters. The molecular formula is C14H9BrClN3O. The van der Waals surface area contributed by atoms with E-state index in [-0.39, 0.29) is 5.91 Å². The van der Waals surface area contributed by atoms with E-state index in [1.807, 2.05) is 6.07 Å². The van der Waals surface area contributed by atoms with Crippen LogP contribution in [0.5, 0.6) is 0 Å². The second kappa shape index (κ2) is 5.26. The fourth-order valence-electron chi connectivity index (χ4n) is 1.86. The van der Waals surface area contributed by atoms with Crippen molar-refractivity contribution in [3.8, 4) is 0 Å². The van der Waals surface area contributed by atoms with Crippen molar-refractivity contribution < 1.29 is 4.79 Å². The van der Waals surface area contributed by atoms with Gasteiger partial charge in [0, 0.05) is 21.1 Å². The Kier molecular flexibility index (Phi) is 3.46. The number of nitrogens with one attached hydrogen (secondary N) is 2. The first kappa shape index (κ1) is 13.1. The molecule has 0 bridgehead atoms. The van der Waals surface area contributed by atoms with E-state index in [9.17, 15) is 4.79 Å². The molecule has 100 valence electrons. The van der Waals surface area contributed by atoms with Crippen molar-refractivity contribution in [1.82, 2.24) is 10.2 Å². The number of amides is 1. The van der Waals surface area contributed by atoms with Gasteiger partial charge in [0.05, 0.1) is 16.7 Å². The summed E-state index contributed by atoms with van der Waals surface area (Å²) in [6, 6.07) is 10.6. The predicted molar refractivity (Wildman–Crippen MR) is 83.2 cm³/mol. The average Bonchev–Trinajstić information content (AvgIpc) is 2.90. The molecule has 0 radical (unpaired) electrons. The SMILES string of the molecule is O=C(Nc1ccc(Cl)c(Br)c1)c1ccc2cn[nH]c2c1. The highest BCUT2D eigenvalue weighted by Crippen LogP contribution is 2.26. The zero-order valence-corrected chi connectivity index (χ0v) is 12.5. The summed E-state index contributed by atoms with van der Waals surface area (Å²) in [5.74, 6) is -0.185. The van der Waals surface area contributed by atoms with E-state index in [1.165, 1.54) is 0 Å². The van der Waals surface area contributed by atoms with Crippen LogP contribution in [0.2, 0.25) is 5.02 Å². The van der Waals surface area contributed by atoms with E-state index in [0.717, 1.165) is 15.4 Å². The summed E-state index contributed by atoms with van der Waals surface area (Å²) in [7, 11) is 0. The Morgan fingerprint density at radius 1 is 1.25 bits per heavy atom. The molecule has 3 rings (SSSR count). The molecular weight excluding hydrogens is 342 g/mol. The van der Waals surface area contributed by atoms with Gasteiger partial charge in [-0.25, -0.2) is 0 Å². The highest BCUT2D eigenvalue weighted by molar-refractivity contribution is 9.10. The number of fused-ring (bicyclic) bond motifs is 1. The van der Waals surface area contributed by atoms with Gasteiger partial charge in [-0.1, -0.05) is 17.7 Å². The summed E-state index contributed by atoms with van der Waals surface area (Å²) in [5, 5.41) is 11.2. The summed E-state index contributed by atoms with van der Waals surface area (Å²) < 4.78 is 0.737. The molecule has 3 aromatic rings. The van der Waals surface area contributed by atoms with Crippen LogP contribution in [-0.4, -0.2) is 16.1 Å². The molecule has 0 fully saturated rings. The number of aromatic nitrogens is 2. The molecule has 2 N–H and O–H groups in total. The van der Waals surface area contributed by atoms with Crippen LogP contribution in [0.1, 0.15) is 10.4 Å². The Labute approximate surface area is 128 Å². The molecule has 20 heavy (non-hydrogen) atoms. The molecule has 2 aromatic carbocycles. The minimum atomic E-state index is -0.185. The first-order chi connectivity index (χ1) is 9.63. The molecule has 0 spiro atoms. The molecule has 0 aliphatic carbocycles. The van der Waals surface area contributed by atoms with Gasteiger partial charge in [-0.2, -0.15) is 5.10 Å². The first-order valence-electron chi connectivity index (χ1n) is 5.83. The van der Waals surface area contributed by atoms with E-state index < -0.39 is 0 Å². The number of rotatable bonds is 2. The Morgan fingerprint density at radius 2 is 2.10 bits per heavy atom. The third-order valence-electron chi connectivity index (χ3n) is 2.88. The van der Waals surface area contributed by atoms with Crippen LogP contribution in [-0.2, 0) is 0 Å². The molecule has 0 unspecified atom stereocenters. The van der Waals surface area contributed by atoms with Gasteiger partial charge in [0.15, 0.2) is 0 Å². The smallest absolute Gasteiger partial charge is 0.255 e. The number of hydrogen-bond acceptors (Lipinski definition) is 2. The average molecular weight is 351 g/mol. The van der Waals surface area contributed by atoms with Crippen LogP contribution in [0.3, 0.4) is 0 Å². The van der Waals surface area contributed by atoms with Crippen LogP contribution >= 0.6 is 27.5 Å². The monoisotopic (exact) mass is 349 g/mol. The fourth-order valence-corrected chi connectivity index (χ4v) is 2.35. The van der Waals surface area contributed by atoms with Gasteiger partial charge < -0.3 is 5.32 Å². The topological polar surface area (TPSA) is 57.8 Å². The standard InChI is InChI=1S/C14H9BrClN3O/c15-11-6-10(3-4-12(11)16)18-14(20)8-1-2-9-7-17-19-13(9)5-8/h1-7H,(H,17,19)(H,18,20). The molecule has 0 saturated carbocycles. The number of anilines is 1. The van der Waals surface area contributed by atoms with E-state index in [4.69, 9.17) is 11.6 Å². The number of aromatic amines is 1.